The highest BCUT2D eigenvalue weighted by molar-refractivity contribution is 5.92. The van der Waals surface area contributed by atoms with E-state index in [4.69, 9.17) is 0 Å². The Bertz CT molecular complexity index is 645. The lowest BCUT2D eigenvalue weighted by atomic mass is 10.2. The highest BCUT2D eigenvalue weighted by Gasteiger charge is 2.31. The van der Waals surface area contributed by atoms with E-state index in [1.54, 1.807) is 0 Å². The van der Waals surface area contributed by atoms with Crippen LogP contribution in [0.2, 0.25) is 0 Å². The quantitative estimate of drug-likeness (QED) is 0.920. The molecule has 2 aromatic heterocycles. The second-order valence-corrected chi connectivity index (χ2v) is 6.06. The van der Waals surface area contributed by atoms with Crippen LogP contribution >= 0.6 is 0 Å². The van der Waals surface area contributed by atoms with E-state index in [0.29, 0.717) is 5.69 Å². The summed E-state index contributed by atoms with van der Waals surface area (Å²) in [4.78, 5) is 14.6. The first-order valence-electron chi connectivity index (χ1n) is 8.01. The fourth-order valence-corrected chi connectivity index (χ4v) is 3.09. The Labute approximate surface area is 130 Å². The molecule has 6 nitrogen and oxygen atoms in total. The molecule has 1 saturated heterocycles. The summed E-state index contributed by atoms with van der Waals surface area (Å²) in [6, 6.07) is 2.09. The van der Waals surface area contributed by atoms with E-state index < -0.39 is 0 Å². The average molecular weight is 301 g/mol. The first kappa shape index (κ1) is 14.8. The van der Waals surface area contributed by atoms with Crippen molar-refractivity contribution >= 4 is 5.91 Å². The monoisotopic (exact) mass is 301 g/mol. The van der Waals surface area contributed by atoms with Gasteiger partial charge in [-0.3, -0.25) is 14.6 Å². The molecule has 0 aromatic carbocycles. The number of aromatic nitrogens is 4. The van der Waals surface area contributed by atoms with Crippen LogP contribution in [0.3, 0.4) is 0 Å². The number of nitrogens with zero attached hydrogens (tertiary/aromatic N) is 4. The summed E-state index contributed by atoms with van der Waals surface area (Å²) >= 11 is 0. The first-order chi connectivity index (χ1) is 10.7. The minimum atomic E-state index is 0.0324. The number of carbonyl (C=O) groups excluding carboxylic acids is 1. The lowest BCUT2D eigenvalue weighted by Gasteiger charge is -2.23. The Kier molecular flexibility index (Phi) is 4.27. The molecule has 1 aliphatic heterocycles. The summed E-state index contributed by atoms with van der Waals surface area (Å²) < 4.78 is 1.93. The summed E-state index contributed by atoms with van der Waals surface area (Å²) in [6.07, 6.45) is 7.91. The van der Waals surface area contributed by atoms with Gasteiger partial charge in [0.2, 0.25) is 0 Å². The Morgan fingerprint density at radius 3 is 3.09 bits per heavy atom. The zero-order chi connectivity index (χ0) is 15.5. The summed E-state index contributed by atoms with van der Waals surface area (Å²) in [5, 5.41) is 11.5. The topological polar surface area (TPSA) is 66.8 Å². The number of aryl methyl sites for hydroxylation is 2. The van der Waals surface area contributed by atoms with E-state index in [1.807, 2.05) is 35.0 Å². The maximum absolute atomic E-state index is 12.7. The molecule has 1 fully saturated rings. The highest BCUT2D eigenvalue weighted by Crippen LogP contribution is 2.21. The highest BCUT2D eigenvalue weighted by atomic mass is 16.2. The number of aromatic amines is 1. The molecule has 0 aliphatic carbocycles. The Hall–Kier alpha value is -2.11. The van der Waals surface area contributed by atoms with Gasteiger partial charge in [-0.2, -0.15) is 10.2 Å². The van der Waals surface area contributed by atoms with Gasteiger partial charge in [0.25, 0.3) is 5.91 Å². The molecule has 2 aromatic rings. The smallest absolute Gasteiger partial charge is 0.274 e. The van der Waals surface area contributed by atoms with Crippen LogP contribution in [0.4, 0.5) is 0 Å². The van der Waals surface area contributed by atoms with Gasteiger partial charge >= 0.3 is 0 Å². The molecular weight excluding hydrogens is 278 g/mol. The van der Waals surface area contributed by atoms with Gasteiger partial charge in [-0.25, -0.2) is 0 Å². The van der Waals surface area contributed by atoms with Gasteiger partial charge in [0.05, 0.1) is 18.8 Å². The van der Waals surface area contributed by atoms with Crippen molar-refractivity contribution in [3.8, 4) is 0 Å². The molecular formula is C16H23N5O. The van der Waals surface area contributed by atoms with Crippen LogP contribution < -0.4 is 0 Å². The minimum absolute atomic E-state index is 0.0324. The molecule has 3 rings (SSSR count). The standard InChI is InChI=1S/C16H23N5O/c1-3-5-13-8-15(19-18-13)16(22)21-7-4-6-14(21)11-20-10-12(2)9-17-20/h8-10,14H,3-7,11H2,1-2H3,(H,18,19). The lowest BCUT2D eigenvalue weighted by molar-refractivity contribution is 0.0715. The molecule has 1 aliphatic rings. The van der Waals surface area contributed by atoms with Crippen molar-refractivity contribution in [2.24, 2.45) is 0 Å². The zero-order valence-corrected chi connectivity index (χ0v) is 13.2. The molecule has 0 saturated carbocycles. The number of likely N-dealkylation sites (tertiary alicyclic amines) is 1. The summed E-state index contributed by atoms with van der Waals surface area (Å²) in [7, 11) is 0. The van der Waals surface area contributed by atoms with Crippen LogP contribution in [0.15, 0.2) is 18.5 Å². The summed E-state index contributed by atoms with van der Waals surface area (Å²) in [6.45, 7) is 5.70. The van der Waals surface area contributed by atoms with Crippen molar-refractivity contribution in [2.45, 2.75) is 52.1 Å². The zero-order valence-electron chi connectivity index (χ0n) is 13.2. The van der Waals surface area contributed by atoms with Gasteiger partial charge in [0, 0.05) is 18.4 Å². The largest absolute Gasteiger partial charge is 0.332 e. The minimum Gasteiger partial charge on any atom is -0.332 e. The Morgan fingerprint density at radius 2 is 2.36 bits per heavy atom. The SMILES string of the molecule is CCCc1cc(C(=O)N2CCCC2Cn2cc(C)cn2)n[nH]1. The van der Waals surface area contributed by atoms with Gasteiger partial charge in [-0.1, -0.05) is 13.3 Å². The second-order valence-electron chi connectivity index (χ2n) is 6.06. The van der Waals surface area contributed by atoms with Crippen molar-refractivity contribution in [1.29, 1.82) is 0 Å². The first-order valence-corrected chi connectivity index (χ1v) is 8.01. The van der Waals surface area contributed by atoms with E-state index in [-0.39, 0.29) is 11.9 Å². The van der Waals surface area contributed by atoms with Crippen LogP contribution in [0.5, 0.6) is 0 Å². The second kappa shape index (κ2) is 6.34. The molecule has 0 bridgehead atoms. The fourth-order valence-electron chi connectivity index (χ4n) is 3.09. The Morgan fingerprint density at radius 1 is 1.50 bits per heavy atom. The number of nitrogens with one attached hydrogen (secondary N) is 1. The number of amides is 1. The van der Waals surface area contributed by atoms with Crippen molar-refractivity contribution in [2.75, 3.05) is 6.54 Å². The van der Waals surface area contributed by atoms with Gasteiger partial charge in [0.1, 0.15) is 5.69 Å². The third-order valence-electron chi connectivity index (χ3n) is 4.17. The van der Waals surface area contributed by atoms with Crippen LogP contribution in [-0.4, -0.2) is 43.4 Å². The maximum Gasteiger partial charge on any atom is 0.274 e. The van der Waals surface area contributed by atoms with Gasteiger partial charge < -0.3 is 4.90 Å². The molecule has 1 atom stereocenters. The predicted octanol–water partition coefficient (Wildman–Crippen LogP) is 2.17. The Balaban J connectivity index is 1.70. The average Bonchev–Trinajstić information content (AvgIpc) is 3.21. The number of hydrogen-bond donors (Lipinski definition) is 1. The third kappa shape index (κ3) is 3.05. The molecule has 0 radical (unpaired) electrons. The predicted molar refractivity (Wildman–Crippen MR) is 83.6 cm³/mol. The molecule has 22 heavy (non-hydrogen) atoms. The van der Waals surface area contributed by atoms with E-state index in [0.717, 1.165) is 50.0 Å². The van der Waals surface area contributed by atoms with Crippen LogP contribution in [0, 0.1) is 6.92 Å². The molecule has 0 spiro atoms. The van der Waals surface area contributed by atoms with Gasteiger partial charge in [0.15, 0.2) is 0 Å². The molecule has 3 heterocycles. The van der Waals surface area contributed by atoms with Crippen LogP contribution in [0.25, 0.3) is 0 Å². The third-order valence-corrected chi connectivity index (χ3v) is 4.17. The molecule has 1 amide bonds. The van der Waals surface area contributed by atoms with Gasteiger partial charge in [-0.05, 0) is 37.8 Å². The van der Waals surface area contributed by atoms with Crippen molar-refractivity contribution in [1.82, 2.24) is 24.9 Å². The number of rotatable bonds is 5. The molecule has 1 unspecified atom stereocenters. The van der Waals surface area contributed by atoms with Crippen molar-refractivity contribution < 1.29 is 4.79 Å². The van der Waals surface area contributed by atoms with E-state index in [2.05, 4.69) is 22.2 Å². The maximum atomic E-state index is 12.7. The van der Waals surface area contributed by atoms with Crippen LogP contribution in [-0.2, 0) is 13.0 Å². The van der Waals surface area contributed by atoms with Crippen molar-refractivity contribution in [3.05, 3.63) is 35.4 Å². The van der Waals surface area contributed by atoms with E-state index in [1.165, 1.54) is 0 Å². The number of hydrogen-bond acceptors (Lipinski definition) is 3. The van der Waals surface area contributed by atoms with E-state index >= 15 is 0 Å². The molecule has 118 valence electrons. The fraction of sp³-hybridized carbons (Fsp3) is 0.562. The number of H-pyrrole nitrogens is 1. The molecule has 1 N–H and O–H groups in total. The lowest BCUT2D eigenvalue weighted by Crippen LogP contribution is -2.38. The van der Waals surface area contributed by atoms with E-state index in [9.17, 15) is 4.79 Å². The number of carbonyl (C=O) groups is 1. The van der Waals surface area contributed by atoms with Gasteiger partial charge in [-0.15, -0.1) is 0 Å². The molecule has 6 heteroatoms. The normalized spacial score (nSPS) is 18.1. The van der Waals surface area contributed by atoms with Crippen molar-refractivity contribution in [3.63, 3.8) is 0 Å². The summed E-state index contributed by atoms with van der Waals surface area (Å²) in [5.41, 5.74) is 2.71. The summed E-state index contributed by atoms with van der Waals surface area (Å²) in [5.74, 6) is 0.0324. The van der Waals surface area contributed by atoms with Crippen LogP contribution in [0.1, 0.15) is 47.9 Å².